The van der Waals surface area contributed by atoms with E-state index in [2.05, 4.69) is 21.9 Å². The van der Waals surface area contributed by atoms with Crippen LogP contribution in [-0.4, -0.2) is 62.6 Å². The van der Waals surface area contributed by atoms with Crippen molar-refractivity contribution in [2.24, 2.45) is 10.9 Å². The van der Waals surface area contributed by atoms with E-state index >= 15 is 0 Å². The molecule has 6 nitrogen and oxygen atoms in total. The first-order valence-electron chi connectivity index (χ1n) is 9.02. The van der Waals surface area contributed by atoms with E-state index in [1.54, 1.807) is 30.8 Å². The summed E-state index contributed by atoms with van der Waals surface area (Å²) in [6, 6.07) is 8.02. The lowest BCUT2D eigenvalue weighted by Gasteiger charge is -2.15. The zero-order chi connectivity index (χ0) is 18.8. The maximum atomic E-state index is 11.8. The molecule has 0 saturated heterocycles. The lowest BCUT2D eigenvalue weighted by molar-refractivity contribution is -0.127. The van der Waals surface area contributed by atoms with Crippen molar-refractivity contribution in [1.82, 2.24) is 15.5 Å². The van der Waals surface area contributed by atoms with Gasteiger partial charge in [0, 0.05) is 32.0 Å². The van der Waals surface area contributed by atoms with Gasteiger partial charge in [-0.15, -0.1) is 0 Å². The van der Waals surface area contributed by atoms with Gasteiger partial charge < -0.3 is 20.3 Å². The number of carbonyl (C=O) groups is 1. The Labute approximate surface area is 160 Å². The number of benzene rings is 1. The second-order valence-corrected chi connectivity index (χ2v) is 7.57. The molecular formula is C19H30N4O2S. The first kappa shape index (κ1) is 20.4. The van der Waals surface area contributed by atoms with E-state index in [9.17, 15) is 4.79 Å². The Bertz CT molecular complexity index is 603. The number of hydrogen-bond acceptors (Lipinski definition) is 4. The Balaban J connectivity index is 1.96. The van der Waals surface area contributed by atoms with E-state index in [1.807, 2.05) is 24.3 Å². The zero-order valence-electron chi connectivity index (χ0n) is 16.0. The zero-order valence-corrected chi connectivity index (χ0v) is 16.8. The van der Waals surface area contributed by atoms with Crippen molar-refractivity contribution in [1.29, 1.82) is 0 Å². The van der Waals surface area contributed by atoms with Crippen LogP contribution in [0.1, 0.15) is 18.4 Å². The highest BCUT2D eigenvalue weighted by Gasteiger charge is 2.22. The molecule has 0 atom stereocenters. The number of aliphatic imine (C=N–C) groups is 1. The number of ether oxygens (including phenoxy) is 1. The van der Waals surface area contributed by atoms with Crippen molar-refractivity contribution in [2.45, 2.75) is 19.4 Å². The van der Waals surface area contributed by atoms with Crippen molar-refractivity contribution in [3.8, 4) is 5.75 Å². The predicted octanol–water partition coefficient (Wildman–Crippen LogP) is 1.96. The highest BCUT2D eigenvalue weighted by atomic mass is 32.2. The van der Waals surface area contributed by atoms with Crippen LogP contribution in [0.2, 0.25) is 0 Å². The molecule has 144 valence electrons. The summed E-state index contributed by atoms with van der Waals surface area (Å²) in [7, 11) is 3.49. The van der Waals surface area contributed by atoms with E-state index < -0.39 is 0 Å². The van der Waals surface area contributed by atoms with Gasteiger partial charge in [-0.05, 0) is 31.1 Å². The number of thioether (sulfide) groups is 1. The summed E-state index contributed by atoms with van der Waals surface area (Å²) in [6.07, 6.45) is 4.61. The minimum absolute atomic E-state index is 0.0116. The van der Waals surface area contributed by atoms with E-state index in [-0.39, 0.29) is 12.5 Å². The molecule has 1 aromatic rings. The molecule has 0 bridgehead atoms. The average Bonchev–Trinajstić information content (AvgIpc) is 3.46. The van der Waals surface area contributed by atoms with Crippen molar-refractivity contribution in [3.05, 3.63) is 29.8 Å². The van der Waals surface area contributed by atoms with Crippen LogP contribution < -0.4 is 15.4 Å². The number of carbonyl (C=O) groups excluding carboxylic acids is 1. The fourth-order valence-electron chi connectivity index (χ4n) is 2.19. The number of nitrogens with one attached hydrogen (secondary N) is 2. The Morgan fingerprint density at radius 1 is 1.31 bits per heavy atom. The molecule has 1 amide bonds. The standard InChI is InChI=1S/C19H30N4O2S/c1-23(2)18(24)13-22-19(20-10-11-26-3)21-12-16-6-4-5-7-17(16)25-14-15-8-9-15/h4-7,15H,8-14H2,1-3H3,(H2,20,21,22). The minimum atomic E-state index is 0.0116. The molecule has 0 spiro atoms. The van der Waals surface area contributed by atoms with Crippen LogP contribution in [0.25, 0.3) is 0 Å². The molecule has 2 rings (SSSR count). The molecule has 1 fully saturated rings. The van der Waals surface area contributed by atoms with Gasteiger partial charge in [-0.2, -0.15) is 11.8 Å². The Morgan fingerprint density at radius 3 is 2.77 bits per heavy atom. The van der Waals surface area contributed by atoms with Gasteiger partial charge in [0.1, 0.15) is 5.75 Å². The second kappa shape index (κ2) is 11.0. The number of hydrogen-bond donors (Lipinski definition) is 2. The molecule has 0 unspecified atom stereocenters. The molecule has 0 radical (unpaired) electrons. The summed E-state index contributed by atoms with van der Waals surface area (Å²) in [5.74, 6) is 3.25. The SMILES string of the molecule is CSCCNC(=NCc1ccccc1OCC1CC1)NCC(=O)N(C)C. The molecule has 7 heteroatoms. The summed E-state index contributed by atoms with van der Waals surface area (Å²) in [5, 5.41) is 6.38. The van der Waals surface area contributed by atoms with Gasteiger partial charge in [-0.1, -0.05) is 18.2 Å². The molecule has 0 heterocycles. The second-order valence-electron chi connectivity index (χ2n) is 6.59. The Kier molecular flexibility index (Phi) is 8.61. The van der Waals surface area contributed by atoms with E-state index in [0.717, 1.165) is 30.2 Å². The first-order valence-corrected chi connectivity index (χ1v) is 10.4. The summed E-state index contributed by atoms with van der Waals surface area (Å²) in [4.78, 5) is 18.0. The van der Waals surface area contributed by atoms with Crippen LogP contribution in [0.3, 0.4) is 0 Å². The Hall–Kier alpha value is -1.89. The summed E-state index contributed by atoms with van der Waals surface area (Å²) in [6.45, 7) is 2.31. The van der Waals surface area contributed by atoms with Crippen molar-refractivity contribution in [2.75, 3.05) is 45.8 Å². The molecule has 0 aromatic heterocycles. The highest BCUT2D eigenvalue weighted by molar-refractivity contribution is 7.98. The quantitative estimate of drug-likeness (QED) is 0.370. The highest BCUT2D eigenvalue weighted by Crippen LogP contribution is 2.30. The molecule has 2 N–H and O–H groups in total. The molecule has 26 heavy (non-hydrogen) atoms. The molecule has 1 aliphatic carbocycles. The van der Waals surface area contributed by atoms with Gasteiger partial charge >= 0.3 is 0 Å². The van der Waals surface area contributed by atoms with Gasteiger partial charge in [-0.3, -0.25) is 4.79 Å². The van der Waals surface area contributed by atoms with Crippen LogP contribution >= 0.6 is 11.8 Å². The lowest BCUT2D eigenvalue weighted by Crippen LogP contribution is -2.43. The normalized spacial score (nSPS) is 14.0. The molecule has 1 saturated carbocycles. The Morgan fingerprint density at radius 2 is 2.08 bits per heavy atom. The summed E-state index contributed by atoms with van der Waals surface area (Å²) < 4.78 is 5.95. The van der Waals surface area contributed by atoms with Gasteiger partial charge in [0.2, 0.25) is 5.91 Å². The van der Waals surface area contributed by atoms with Crippen LogP contribution in [0.5, 0.6) is 5.75 Å². The van der Waals surface area contributed by atoms with Crippen molar-refractivity contribution in [3.63, 3.8) is 0 Å². The maximum Gasteiger partial charge on any atom is 0.241 e. The number of rotatable bonds is 10. The van der Waals surface area contributed by atoms with Gasteiger partial charge in [0.15, 0.2) is 5.96 Å². The fraction of sp³-hybridized carbons (Fsp3) is 0.579. The topological polar surface area (TPSA) is 66.0 Å². The van der Waals surface area contributed by atoms with Crippen LogP contribution in [0.4, 0.5) is 0 Å². The predicted molar refractivity (Wildman–Crippen MR) is 109 cm³/mol. The molecule has 1 aliphatic rings. The minimum Gasteiger partial charge on any atom is -0.493 e. The number of nitrogens with zero attached hydrogens (tertiary/aromatic N) is 2. The maximum absolute atomic E-state index is 11.8. The smallest absolute Gasteiger partial charge is 0.241 e. The van der Waals surface area contributed by atoms with E-state index in [0.29, 0.717) is 18.4 Å². The van der Waals surface area contributed by atoms with Crippen molar-refractivity contribution < 1.29 is 9.53 Å². The number of likely N-dealkylation sites (N-methyl/N-ethyl adjacent to an activating group) is 1. The summed E-state index contributed by atoms with van der Waals surface area (Å²) in [5.41, 5.74) is 1.05. The van der Waals surface area contributed by atoms with Gasteiger partial charge in [0.25, 0.3) is 0 Å². The fourth-order valence-corrected chi connectivity index (χ4v) is 2.50. The van der Waals surface area contributed by atoms with Gasteiger partial charge in [0.05, 0.1) is 19.7 Å². The number of para-hydroxylation sites is 1. The van der Waals surface area contributed by atoms with Crippen LogP contribution in [0, 0.1) is 5.92 Å². The first-order chi connectivity index (χ1) is 12.6. The molecule has 1 aromatic carbocycles. The summed E-state index contributed by atoms with van der Waals surface area (Å²) >= 11 is 1.76. The van der Waals surface area contributed by atoms with Gasteiger partial charge in [-0.25, -0.2) is 4.99 Å². The largest absolute Gasteiger partial charge is 0.493 e. The molecule has 0 aliphatic heterocycles. The average molecular weight is 379 g/mol. The number of guanidine groups is 1. The third-order valence-corrected chi connectivity index (χ3v) is 4.67. The van der Waals surface area contributed by atoms with Crippen LogP contribution in [0.15, 0.2) is 29.3 Å². The number of amides is 1. The lowest BCUT2D eigenvalue weighted by atomic mass is 10.2. The van der Waals surface area contributed by atoms with Crippen LogP contribution in [-0.2, 0) is 11.3 Å². The third-order valence-electron chi connectivity index (χ3n) is 4.06. The van der Waals surface area contributed by atoms with E-state index in [4.69, 9.17) is 4.74 Å². The van der Waals surface area contributed by atoms with Crippen molar-refractivity contribution >= 4 is 23.6 Å². The monoisotopic (exact) mass is 378 g/mol. The molecular weight excluding hydrogens is 348 g/mol. The van der Waals surface area contributed by atoms with E-state index in [1.165, 1.54) is 12.8 Å². The third kappa shape index (κ3) is 7.56.